The fourth-order valence-corrected chi connectivity index (χ4v) is 33.6. The van der Waals surface area contributed by atoms with Crippen molar-refractivity contribution in [3.05, 3.63) is 0 Å². The number of hydrogen-bond acceptors (Lipinski definition) is 0. The molecule has 0 aromatic heterocycles. The fourth-order valence-electron chi connectivity index (χ4n) is 33.6. The highest BCUT2D eigenvalue weighted by molar-refractivity contribution is 6.06. The van der Waals surface area contributed by atoms with Crippen LogP contribution in [-0.2, 0) is 0 Å². The minimum Gasteiger partial charge on any atom is -0.0582 e. The van der Waals surface area contributed by atoms with E-state index in [9.17, 15) is 0 Å². The molecule has 27 atom stereocenters. The zero-order chi connectivity index (χ0) is 18.8. The van der Waals surface area contributed by atoms with E-state index in [-0.39, 0.29) is 0 Å². The maximum Gasteiger partial charge on any atom is -0.000762 e. The monoisotopic (exact) mass is 408 g/mol. The summed E-state index contributed by atoms with van der Waals surface area (Å²) in [6.45, 7) is 9.18. The highest BCUT2D eigenvalue weighted by Gasteiger charge is 3.62. The van der Waals surface area contributed by atoms with Crippen molar-refractivity contribution in [2.45, 2.75) is 33.6 Å². The van der Waals surface area contributed by atoms with Crippen LogP contribution in [0.15, 0.2) is 0 Å². The molecule has 0 bridgehead atoms. The molecule has 0 N–H and O–H groups in total. The number of rotatable bonds is 0. The molecule has 32 heavy (non-hydrogen) atoms. The number of fused-ring (bicyclic) bond motifs is 8. The lowest BCUT2D eigenvalue weighted by atomic mass is 8.49. The quantitative estimate of drug-likeness (QED) is 0.574. The highest BCUT2D eigenvalue weighted by atomic mass is 15.6. The van der Waals surface area contributed by atoms with E-state index in [0.717, 1.165) is 86.6 Å². The van der Waals surface area contributed by atoms with Gasteiger partial charge in [-0.2, -0.15) is 0 Å². The third kappa shape index (κ3) is 0.229. The van der Waals surface area contributed by atoms with Crippen molar-refractivity contribution < 1.29 is 0 Å². The minimum atomic E-state index is 0.845. The van der Waals surface area contributed by atoms with Crippen molar-refractivity contribution in [1.82, 2.24) is 0 Å². The third-order valence-corrected chi connectivity index (χ3v) is 27.2. The van der Waals surface area contributed by atoms with E-state index < -0.39 is 0 Å². The van der Waals surface area contributed by atoms with Gasteiger partial charge in [0.15, 0.2) is 0 Å². The Kier molecular flexibility index (Phi) is 0.578. The van der Waals surface area contributed by atoms with Crippen molar-refractivity contribution in [2.75, 3.05) is 0 Å². The Morgan fingerprint density at radius 3 is 1.66 bits per heavy atom. The third-order valence-electron chi connectivity index (χ3n) is 27.2. The van der Waals surface area contributed by atoms with Crippen molar-refractivity contribution in [1.29, 1.82) is 0 Å². The normalized spacial score (nSPS) is 135. The molecule has 152 valence electrons. The van der Waals surface area contributed by atoms with E-state index in [1.165, 1.54) is 65.1 Å². The van der Waals surface area contributed by atoms with Gasteiger partial charge in [0.05, 0.1) is 0 Å². The van der Waals surface area contributed by atoms with Gasteiger partial charge in [-0.25, -0.2) is 0 Å². The topological polar surface area (TPSA) is 0 Å². The molecular formula is C32H24. The lowest BCUT2D eigenvalue weighted by molar-refractivity contribution is -1.08. The molecule has 0 heteroatoms. The molecule has 0 heterocycles. The van der Waals surface area contributed by atoms with Gasteiger partial charge in [0.2, 0.25) is 0 Å². The second-order valence-corrected chi connectivity index (χ2v) is 20.4. The molecule has 0 aromatic carbocycles. The molecule has 21 saturated carbocycles. The lowest BCUT2D eigenvalue weighted by Crippen LogP contribution is -3.51. The largest absolute Gasteiger partial charge is 0.0582 e. The molecule has 0 radical (unpaired) electrons. The first-order valence-electron chi connectivity index (χ1n) is 15.6. The predicted octanol–water partition coefficient (Wildman–Crippen LogP) is 3.67. The van der Waals surface area contributed by atoms with Crippen LogP contribution >= 0.6 is 0 Å². The Hall–Kier alpha value is 0. The van der Waals surface area contributed by atoms with E-state index in [1.807, 2.05) is 0 Å². The van der Waals surface area contributed by atoms with Crippen LogP contribution < -0.4 is 0 Å². The molecule has 0 amide bonds. The molecule has 21 aliphatic rings. The molecule has 13 spiro atoms. The summed E-state index contributed by atoms with van der Waals surface area (Å²) in [4.78, 5) is 0. The Morgan fingerprint density at radius 1 is 0.438 bits per heavy atom. The van der Waals surface area contributed by atoms with Crippen LogP contribution in [0.1, 0.15) is 33.6 Å². The van der Waals surface area contributed by atoms with E-state index in [2.05, 4.69) is 20.8 Å². The first-order chi connectivity index (χ1) is 15.6. The molecule has 21 aliphatic carbocycles. The van der Waals surface area contributed by atoms with Gasteiger partial charge in [0, 0.05) is 0 Å². The summed E-state index contributed by atoms with van der Waals surface area (Å²) in [7, 11) is 0. The zero-order valence-corrected chi connectivity index (χ0v) is 18.8. The molecule has 0 saturated heterocycles. The Morgan fingerprint density at radius 2 is 0.969 bits per heavy atom. The van der Waals surface area contributed by atoms with E-state index >= 15 is 0 Å². The van der Waals surface area contributed by atoms with E-state index in [0.29, 0.717) is 0 Å². The van der Waals surface area contributed by atoms with Crippen molar-refractivity contribution in [3.63, 3.8) is 0 Å². The van der Waals surface area contributed by atoms with Crippen LogP contribution in [0.2, 0.25) is 0 Å². The SMILES string of the molecule is CC12C3C4C5C6CC7C8C9C%10CC%11C%12C%13C3%14C3(C)C1(C)C1%15C42C52C67C84C95C%11%10C%126C%13%14C31C65C24%15. The smallest absolute Gasteiger partial charge is 0.000762 e. The Labute approximate surface area is 185 Å². The first-order valence-corrected chi connectivity index (χ1v) is 15.6. The van der Waals surface area contributed by atoms with E-state index in [4.69, 9.17) is 0 Å². The molecule has 21 rings (SSSR count). The maximum atomic E-state index is 3.08. The standard InChI is InChI=1S/C32H24/c1-17-15-14-12-8-4-6-10-11-7-5-9-13-16-22(15)19(3)18(17,2)29-23(14,17)24(12)20(6,8)25(10)26(11)21(7,9)27(13)28(16,22)30(19,29)32(26,27)31(24,25)29/h6-16H,4-5H2,1-3H3. The summed E-state index contributed by atoms with van der Waals surface area (Å²) >= 11 is 0. The van der Waals surface area contributed by atoms with Crippen molar-refractivity contribution in [2.24, 2.45) is 152 Å². The molecule has 27 unspecified atom stereocenters. The van der Waals surface area contributed by atoms with Crippen LogP contribution in [0.5, 0.6) is 0 Å². The Balaban J connectivity index is 1.18. The van der Waals surface area contributed by atoms with Crippen LogP contribution in [0.4, 0.5) is 0 Å². The van der Waals surface area contributed by atoms with Crippen molar-refractivity contribution in [3.8, 4) is 0 Å². The average Bonchev–Trinajstić information content (AvgIpc) is 3.24. The Bertz CT molecular complexity index is 1840. The van der Waals surface area contributed by atoms with Crippen LogP contribution in [0.3, 0.4) is 0 Å². The van der Waals surface area contributed by atoms with Gasteiger partial charge in [-0.1, -0.05) is 20.8 Å². The molecule has 0 aliphatic heterocycles. The van der Waals surface area contributed by atoms with Crippen LogP contribution in [0.25, 0.3) is 0 Å². The van der Waals surface area contributed by atoms with Crippen LogP contribution in [0, 0.1) is 152 Å². The van der Waals surface area contributed by atoms with Gasteiger partial charge in [-0.15, -0.1) is 0 Å². The predicted molar refractivity (Wildman–Crippen MR) is 104 cm³/mol. The summed E-state index contributed by atoms with van der Waals surface area (Å²) in [5, 5.41) is 0. The van der Waals surface area contributed by atoms with Crippen molar-refractivity contribution >= 4 is 0 Å². The summed E-state index contributed by atoms with van der Waals surface area (Å²) in [5.41, 5.74) is 16.3. The van der Waals surface area contributed by atoms with Gasteiger partial charge in [0.25, 0.3) is 0 Å². The van der Waals surface area contributed by atoms with Gasteiger partial charge >= 0.3 is 0 Å². The summed E-state index contributed by atoms with van der Waals surface area (Å²) < 4.78 is 0. The number of hydrogen-bond donors (Lipinski definition) is 0. The van der Waals surface area contributed by atoms with Gasteiger partial charge in [0.1, 0.15) is 0 Å². The van der Waals surface area contributed by atoms with Gasteiger partial charge < -0.3 is 0 Å². The maximum absolute atomic E-state index is 3.08. The van der Waals surface area contributed by atoms with E-state index in [1.54, 1.807) is 12.8 Å². The summed E-state index contributed by atoms with van der Waals surface area (Å²) in [6, 6.07) is 0. The fraction of sp³-hybridized carbons (Fsp3) is 1.00. The molecule has 0 aromatic rings. The molecular weight excluding hydrogens is 384 g/mol. The highest BCUT2D eigenvalue weighted by Crippen LogP contribution is 3.63. The summed E-state index contributed by atoms with van der Waals surface area (Å²) in [6.07, 6.45) is 3.57. The first kappa shape index (κ1) is 11.4. The molecule has 0 nitrogen and oxygen atoms in total. The summed E-state index contributed by atoms with van der Waals surface area (Å²) in [5.74, 6) is 14.7. The second kappa shape index (κ2) is 1.63. The average molecular weight is 409 g/mol. The minimum absolute atomic E-state index is 0.845. The lowest BCUT2D eigenvalue weighted by Gasteiger charge is -3.53. The van der Waals surface area contributed by atoms with Gasteiger partial charge in [-0.05, 0) is 165 Å². The van der Waals surface area contributed by atoms with Gasteiger partial charge in [-0.3, -0.25) is 0 Å². The second-order valence-electron chi connectivity index (χ2n) is 20.4. The zero-order valence-electron chi connectivity index (χ0n) is 18.8. The molecule has 21 fully saturated rings. The van der Waals surface area contributed by atoms with Crippen LogP contribution in [-0.4, -0.2) is 0 Å².